The monoisotopic (exact) mass is 213 g/mol. The van der Waals surface area contributed by atoms with Crippen LogP contribution < -0.4 is 0 Å². The molecule has 1 unspecified atom stereocenters. The number of ether oxygens (including phenoxy) is 1. The van der Waals surface area contributed by atoms with Crippen molar-refractivity contribution >= 4 is 11.3 Å². The molecule has 1 saturated heterocycles. The first kappa shape index (κ1) is 10.1. The molecule has 0 saturated carbocycles. The molecular formula is C10H15NO2S. The second-order valence-electron chi connectivity index (χ2n) is 3.49. The summed E-state index contributed by atoms with van der Waals surface area (Å²) in [6, 6.07) is 0. The number of aliphatic hydroxyl groups excluding tert-OH is 1. The summed E-state index contributed by atoms with van der Waals surface area (Å²) in [6.45, 7) is 1.06. The number of nitrogens with zero attached hydrogens (tertiary/aromatic N) is 1. The molecule has 1 aliphatic rings. The lowest BCUT2D eigenvalue weighted by Crippen LogP contribution is -2.10. The van der Waals surface area contributed by atoms with Crippen LogP contribution in [0.4, 0.5) is 0 Å². The smallest absolute Gasteiger partial charge is 0.122 e. The molecule has 1 aliphatic heterocycles. The molecule has 1 atom stereocenters. The number of hydrogen-bond donors (Lipinski definition) is 1. The number of rotatable bonds is 3. The minimum absolute atomic E-state index is 0.202. The number of aromatic nitrogens is 1. The molecule has 2 rings (SSSR count). The molecule has 0 bridgehead atoms. The summed E-state index contributed by atoms with van der Waals surface area (Å²) in [6.07, 6.45) is 6.27. The Hall–Kier alpha value is -0.450. The molecule has 14 heavy (non-hydrogen) atoms. The highest BCUT2D eigenvalue weighted by Gasteiger charge is 2.18. The molecule has 0 amide bonds. The first-order chi connectivity index (χ1) is 6.90. The lowest BCUT2D eigenvalue weighted by atomic mass is 10.1. The average Bonchev–Trinajstić information content (AvgIpc) is 2.68. The molecule has 1 aromatic heterocycles. The Morgan fingerprint density at radius 2 is 2.50 bits per heavy atom. The number of thiazole rings is 1. The van der Waals surface area contributed by atoms with E-state index in [-0.39, 0.29) is 12.7 Å². The number of hydrogen-bond acceptors (Lipinski definition) is 4. The van der Waals surface area contributed by atoms with Crippen LogP contribution in [0.25, 0.3) is 0 Å². The van der Waals surface area contributed by atoms with E-state index >= 15 is 0 Å². The van der Waals surface area contributed by atoms with Gasteiger partial charge in [-0.1, -0.05) is 0 Å². The van der Waals surface area contributed by atoms with Gasteiger partial charge in [-0.3, -0.25) is 0 Å². The molecule has 0 spiro atoms. The van der Waals surface area contributed by atoms with Gasteiger partial charge in [0.1, 0.15) is 11.1 Å². The van der Waals surface area contributed by atoms with E-state index in [1.165, 1.54) is 12.8 Å². The first-order valence-corrected chi connectivity index (χ1v) is 5.89. The maximum Gasteiger partial charge on any atom is 0.122 e. The van der Waals surface area contributed by atoms with Gasteiger partial charge >= 0.3 is 0 Å². The van der Waals surface area contributed by atoms with Gasteiger partial charge in [-0.05, 0) is 19.3 Å². The molecule has 2 heterocycles. The zero-order valence-electron chi connectivity index (χ0n) is 8.11. The minimum Gasteiger partial charge on any atom is -0.396 e. The fourth-order valence-electron chi connectivity index (χ4n) is 1.63. The van der Waals surface area contributed by atoms with Gasteiger partial charge in [0.25, 0.3) is 0 Å². The normalized spacial score (nSPS) is 22.5. The summed E-state index contributed by atoms with van der Waals surface area (Å²) in [5.41, 5.74) is 0. The van der Waals surface area contributed by atoms with Gasteiger partial charge in [0.15, 0.2) is 0 Å². The lowest BCUT2D eigenvalue weighted by Gasteiger charge is -2.20. The topological polar surface area (TPSA) is 42.4 Å². The van der Waals surface area contributed by atoms with E-state index in [1.54, 1.807) is 11.3 Å². The summed E-state index contributed by atoms with van der Waals surface area (Å²) in [7, 11) is 0. The van der Waals surface area contributed by atoms with E-state index in [4.69, 9.17) is 9.84 Å². The van der Waals surface area contributed by atoms with Crippen molar-refractivity contribution in [2.75, 3.05) is 13.2 Å². The summed E-state index contributed by atoms with van der Waals surface area (Å²) in [5.74, 6) is 0. The van der Waals surface area contributed by atoms with Crippen LogP contribution in [0.2, 0.25) is 0 Å². The molecular weight excluding hydrogens is 198 g/mol. The standard InChI is InChI=1S/C10H15NO2S/c12-5-4-8-7-11-10(14-8)9-3-1-2-6-13-9/h7,9,12H,1-6H2. The van der Waals surface area contributed by atoms with Crippen LogP contribution in [0.3, 0.4) is 0 Å². The first-order valence-electron chi connectivity index (χ1n) is 5.07. The molecule has 1 aromatic rings. The van der Waals surface area contributed by atoms with Crippen LogP contribution in [0.1, 0.15) is 35.3 Å². The Balaban J connectivity index is 2.00. The van der Waals surface area contributed by atoms with E-state index in [2.05, 4.69) is 4.98 Å². The molecule has 0 aliphatic carbocycles. The second-order valence-corrected chi connectivity index (χ2v) is 4.64. The predicted molar refractivity (Wildman–Crippen MR) is 55.4 cm³/mol. The summed E-state index contributed by atoms with van der Waals surface area (Å²) >= 11 is 1.67. The van der Waals surface area contributed by atoms with Crippen LogP contribution in [0.15, 0.2) is 6.20 Å². The van der Waals surface area contributed by atoms with Crippen molar-refractivity contribution in [3.8, 4) is 0 Å². The fourth-order valence-corrected chi connectivity index (χ4v) is 2.62. The molecule has 78 valence electrons. The molecule has 0 radical (unpaired) electrons. The fraction of sp³-hybridized carbons (Fsp3) is 0.700. The number of aliphatic hydroxyl groups is 1. The van der Waals surface area contributed by atoms with E-state index in [0.29, 0.717) is 6.42 Å². The van der Waals surface area contributed by atoms with Crippen molar-refractivity contribution in [3.63, 3.8) is 0 Å². The Bertz CT molecular complexity index is 281. The van der Waals surface area contributed by atoms with Crippen LogP contribution in [0, 0.1) is 0 Å². The average molecular weight is 213 g/mol. The van der Waals surface area contributed by atoms with Gasteiger partial charge in [-0.2, -0.15) is 0 Å². The third-order valence-corrected chi connectivity index (χ3v) is 3.53. The molecule has 3 nitrogen and oxygen atoms in total. The Kier molecular flexibility index (Phi) is 3.50. The van der Waals surface area contributed by atoms with Crippen LogP contribution in [0.5, 0.6) is 0 Å². The van der Waals surface area contributed by atoms with E-state index in [1.807, 2.05) is 6.20 Å². The third kappa shape index (κ3) is 2.32. The van der Waals surface area contributed by atoms with Crippen molar-refractivity contribution in [2.45, 2.75) is 31.8 Å². The maximum atomic E-state index is 8.79. The van der Waals surface area contributed by atoms with E-state index in [9.17, 15) is 0 Å². The highest BCUT2D eigenvalue weighted by Crippen LogP contribution is 2.30. The van der Waals surface area contributed by atoms with Crippen molar-refractivity contribution in [3.05, 3.63) is 16.1 Å². The van der Waals surface area contributed by atoms with Crippen LogP contribution >= 0.6 is 11.3 Å². The predicted octanol–water partition coefficient (Wildman–Crippen LogP) is 1.92. The van der Waals surface area contributed by atoms with Crippen LogP contribution in [-0.4, -0.2) is 23.3 Å². The summed E-state index contributed by atoms with van der Waals surface area (Å²) in [4.78, 5) is 5.49. The van der Waals surface area contributed by atoms with Gasteiger partial charge in [-0.25, -0.2) is 4.98 Å². The highest BCUT2D eigenvalue weighted by atomic mass is 32.1. The zero-order chi connectivity index (χ0) is 9.80. The van der Waals surface area contributed by atoms with Gasteiger partial charge in [0.2, 0.25) is 0 Å². The minimum atomic E-state index is 0.202. The SMILES string of the molecule is OCCc1cnc(C2CCCCO2)s1. The molecule has 4 heteroatoms. The van der Waals surface area contributed by atoms with Crippen LogP contribution in [-0.2, 0) is 11.2 Å². The van der Waals surface area contributed by atoms with Gasteiger partial charge < -0.3 is 9.84 Å². The molecule has 1 fully saturated rings. The lowest BCUT2D eigenvalue weighted by molar-refractivity contribution is 0.0148. The Labute approximate surface area is 87.7 Å². The van der Waals surface area contributed by atoms with Gasteiger partial charge in [0.05, 0.1) is 0 Å². The van der Waals surface area contributed by atoms with Crippen molar-refractivity contribution < 1.29 is 9.84 Å². The van der Waals surface area contributed by atoms with E-state index < -0.39 is 0 Å². The summed E-state index contributed by atoms with van der Waals surface area (Å²) in [5, 5.41) is 9.86. The summed E-state index contributed by atoms with van der Waals surface area (Å²) < 4.78 is 5.64. The maximum absolute atomic E-state index is 8.79. The van der Waals surface area contributed by atoms with Crippen molar-refractivity contribution in [2.24, 2.45) is 0 Å². The van der Waals surface area contributed by atoms with Gasteiger partial charge in [-0.15, -0.1) is 11.3 Å². The third-order valence-electron chi connectivity index (χ3n) is 2.38. The molecule has 0 aromatic carbocycles. The largest absolute Gasteiger partial charge is 0.396 e. The van der Waals surface area contributed by atoms with E-state index in [0.717, 1.165) is 22.9 Å². The van der Waals surface area contributed by atoms with Crippen molar-refractivity contribution in [1.29, 1.82) is 0 Å². The Morgan fingerprint density at radius 3 is 3.21 bits per heavy atom. The second kappa shape index (κ2) is 4.87. The highest BCUT2D eigenvalue weighted by molar-refractivity contribution is 7.11. The quantitative estimate of drug-likeness (QED) is 0.834. The zero-order valence-corrected chi connectivity index (χ0v) is 8.92. The Morgan fingerprint density at radius 1 is 1.57 bits per heavy atom. The van der Waals surface area contributed by atoms with Gasteiger partial charge in [0, 0.05) is 30.7 Å². The van der Waals surface area contributed by atoms with Crippen molar-refractivity contribution in [1.82, 2.24) is 4.98 Å². The molecule has 1 N–H and O–H groups in total.